The van der Waals surface area contributed by atoms with Crippen molar-refractivity contribution in [1.82, 2.24) is 14.8 Å². The molecule has 1 heterocycles. The van der Waals surface area contributed by atoms with Crippen molar-refractivity contribution >= 4 is 6.08 Å². The molecule has 0 saturated carbocycles. The van der Waals surface area contributed by atoms with Crippen molar-refractivity contribution in [2.45, 2.75) is 13.3 Å². The molecule has 21 heavy (non-hydrogen) atoms. The van der Waals surface area contributed by atoms with E-state index in [1.165, 1.54) is 27.8 Å². The molecular formula is C18H15N3. The topological polar surface area (TPSA) is 30.7 Å². The number of hydrogen-bond acceptors (Lipinski definition) is 2. The Labute approximate surface area is 123 Å². The lowest BCUT2D eigenvalue weighted by Crippen LogP contribution is -1.97. The lowest BCUT2D eigenvalue weighted by atomic mass is 9.98. The highest BCUT2D eigenvalue weighted by Crippen LogP contribution is 2.34. The summed E-state index contributed by atoms with van der Waals surface area (Å²) in [5.74, 6) is 0. The molecule has 1 aliphatic carbocycles. The maximum Gasteiger partial charge on any atom is 0.123 e. The largest absolute Gasteiger partial charge is 0.288 e. The second-order valence-electron chi connectivity index (χ2n) is 5.47. The molecule has 102 valence electrons. The Kier molecular flexibility index (Phi) is 2.71. The van der Waals surface area contributed by atoms with Crippen LogP contribution in [-0.2, 0) is 6.42 Å². The zero-order chi connectivity index (χ0) is 14.2. The monoisotopic (exact) mass is 273 g/mol. The normalized spacial score (nSPS) is 13.1. The van der Waals surface area contributed by atoms with E-state index in [0.717, 1.165) is 12.1 Å². The van der Waals surface area contributed by atoms with E-state index < -0.39 is 0 Å². The van der Waals surface area contributed by atoms with E-state index in [1.54, 1.807) is 12.7 Å². The average Bonchev–Trinajstić information content (AvgIpc) is 3.15. The molecule has 0 aliphatic heterocycles. The molecule has 0 fully saturated rings. The summed E-state index contributed by atoms with van der Waals surface area (Å²) in [4.78, 5) is 0. The summed E-state index contributed by atoms with van der Waals surface area (Å²) in [7, 11) is 0. The number of nitrogens with zero attached hydrogens (tertiary/aromatic N) is 3. The minimum atomic E-state index is 1.02. The molecule has 4 rings (SSSR count). The highest BCUT2D eigenvalue weighted by Gasteiger charge is 2.17. The van der Waals surface area contributed by atoms with Gasteiger partial charge in [-0.15, -0.1) is 10.2 Å². The van der Waals surface area contributed by atoms with Gasteiger partial charge in [0.1, 0.15) is 12.7 Å². The molecule has 3 nitrogen and oxygen atoms in total. The highest BCUT2D eigenvalue weighted by molar-refractivity contribution is 5.77. The van der Waals surface area contributed by atoms with Crippen molar-refractivity contribution in [3.05, 3.63) is 71.8 Å². The molecule has 1 aliphatic rings. The molecule has 1 aromatic heterocycles. The maximum atomic E-state index is 3.94. The molecule has 2 aromatic carbocycles. The molecule has 0 amide bonds. The van der Waals surface area contributed by atoms with Gasteiger partial charge in [0.05, 0.1) is 5.69 Å². The van der Waals surface area contributed by atoms with Crippen LogP contribution in [0, 0.1) is 0 Å². The smallest absolute Gasteiger partial charge is 0.123 e. The van der Waals surface area contributed by atoms with Crippen molar-refractivity contribution in [3.8, 4) is 16.8 Å². The van der Waals surface area contributed by atoms with E-state index in [1.807, 2.05) is 10.6 Å². The van der Waals surface area contributed by atoms with Crippen molar-refractivity contribution in [2.75, 3.05) is 0 Å². The van der Waals surface area contributed by atoms with E-state index in [0.29, 0.717) is 0 Å². The fraction of sp³-hybridized carbons (Fsp3) is 0.111. The van der Waals surface area contributed by atoms with Gasteiger partial charge in [-0.1, -0.05) is 48.0 Å². The van der Waals surface area contributed by atoms with E-state index in [9.17, 15) is 0 Å². The summed E-state index contributed by atoms with van der Waals surface area (Å²) >= 11 is 0. The lowest BCUT2D eigenvalue weighted by Gasteiger charge is -2.12. The molecule has 0 saturated heterocycles. The van der Waals surface area contributed by atoms with Crippen LogP contribution in [0.5, 0.6) is 0 Å². The molecule has 0 N–H and O–H groups in total. The number of fused-ring (bicyclic) bond motifs is 1. The lowest BCUT2D eigenvalue weighted by molar-refractivity contribution is 1.05. The Bertz CT molecular complexity index is 815. The Morgan fingerprint density at radius 3 is 2.48 bits per heavy atom. The van der Waals surface area contributed by atoms with Gasteiger partial charge in [0.15, 0.2) is 0 Å². The third-order valence-electron chi connectivity index (χ3n) is 3.91. The predicted octanol–water partition coefficient (Wildman–Crippen LogP) is 3.89. The molecule has 0 atom stereocenters. The van der Waals surface area contributed by atoms with Gasteiger partial charge >= 0.3 is 0 Å². The van der Waals surface area contributed by atoms with Crippen LogP contribution in [0.2, 0.25) is 0 Å². The standard InChI is InChI=1S/C18H15N3/c1-13-7-16-9-15(14-5-3-2-4-6-14)10-18(17(16)8-13)21-11-19-20-12-21/h2-6,8-12H,7H2,1H3. The van der Waals surface area contributed by atoms with Crippen molar-refractivity contribution in [3.63, 3.8) is 0 Å². The first-order valence-electron chi connectivity index (χ1n) is 7.06. The van der Waals surface area contributed by atoms with E-state index >= 15 is 0 Å². The molecule has 3 heteroatoms. The van der Waals surface area contributed by atoms with Crippen LogP contribution in [0.25, 0.3) is 22.9 Å². The molecule has 0 unspecified atom stereocenters. The zero-order valence-corrected chi connectivity index (χ0v) is 11.8. The van der Waals surface area contributed by atoms with Gasteiger partial charge in [-0.05, 0) is 36.1 Å². The minimum absolute atomic E-state index is 1.02. The first-order valence-corrected chi connectivity index (χ1v) is 7.06. The van der Waals surface area contributed by atoms with Crippen LogP contribution in [0.15, 0.2) is 60.7 Å². The fourth-order valence-electron chi connectivity index (χ4n) is 2.94. The summed E-state index contributed by atoms with van der Waals surface area (Å²) in [6, 6.07) is 15.0. The number of rotatable bonds is 2. The van der Waals surface area contributed by atoms with Gasteiger partial charge < -0.3 is 0 Å². The third-order valence-corrected chi connectivity index (χ3v) is 3.91. The SMILES string of the molecule is CC1=Cc2c(cc(-c3ccccc3)cc2-n2cnnc2)C1. The second kappa shape index (κ2) is 4.70. The summed E-state index contributed by atoms with van der Waals surface area (Å²) < 4.78 is 1.99. The zero-order valence-electron chi connectivity index (χ0n) is 11.8. The van der Waals surface area contributed by atoms with Crippen LogP contribution in [0.4, 0.5) is 0 Å². The molecule has 3 aromatic rings. The highest BCUT2D eigenvalue weighted by atomic mass is 15.2. The Morgan fingerprint density at radius 1 is 0.952 bits per heavy atom. The summed E-state index contributed by atoms with van der Waals surface area (Å²) in [6.45, 7) is 2.18. The quantitative estimate of drug-likeness (QED) is 0.709. The van der Waals surface area contributed by atoms with Crippen LogP contribution in [-0.4, -0.2) is 14.8 Å². The van der Waals surface area contributed by atoms with Crippen LogP contribution in [0.1, 0.15) is 18.1 Å². The molecule has 0 bridgehead atoms. The van der Waals surface area contributed by atoms with Gasteiger partial charge in [-0.25, -0.2) is 0 Å². The third kappa shape index (κ3) is 2.07. The van der Waals surface area contributed by atoms with Crippen LogP contribution in [0.3, 0.4) is 0 Å². The molecule has 0 spiro atoms. The van der Waals surface area contributed by atoms with Gasteiger partial charge in [0.25, 0.3) is 0 Å². The summed E-state index contributed by atoms with van der Waals surface area (Å²) in [6.07, 6.45) is 6.79. The Hall–Kier alpha value is -2.68. The Morgan fingerprint density at radius 2 is 1.71 bits per heavy atom. The van der Waals surface area contributed by atoms with Crippen molar-refractivity contribution in [2.24, 2.45) is 0 Å². The van der Waals surface area contributed by atoms with E-state index in [2.05, 4.69) is 59.6 Å². The second-order valence-corrected chi connectivity index (χ2v) is 5.47. The van der Waals surface area contributed by atoms with Gasteiger partial charge in [0, 0.05) is 5.56 Å². The molecular weight excluding hydrogens is 258 g/mol. The fourth-order valence-corrected chi connectivity index (χ4v) is 2.94. The van der Waals surface area contributed by atoms with Crippen molar-refractivity contribution < 1.29 is 0 Å². The number of aromatic nitrogens is 3. The first kappa shape index (κ1) is 12.1. The van der Waals surface area contributed by atoms with Crippen LogP contribution < -0.4 is 0 Å². The predicted molar refractivity (Wildman–Crippen MR) is 84.2 cm³/mol. The number of allylic oxidation sites excluding steroid dienone is 1. The van der Waals surface area contributed by atoms with Gasteiger partial charge in [-0.3, -0.25) is 4.57 Å². The number of benzene rings is 2. The van der Waals surface area contributed by atoms with Crippen LogP contribution >= 0.6 is 0 Å². The maximum absolute atomic E-state index is 3.94. The van der Waals surface area contributed by atoms with E-state index in [4.69, 9.17) is 0 Å². The number of hydrogen-bond donors (Lipinski definition) is 0. The average molecular weight is 273 g/mol. The van der Waals surface area contributed by atoms with Gasteiger partial charge in [0.2, 0.25) is 0 Å². The summed E-state index contributed by atoms with van der Waals surface area (Å²) in [5.41, 5.74) is 7.67. The van der Waals surface area contributed by atoms with E-state index in [-0.39, 0.29) is 0 Å². The molecule has 0 radical (unpaired) electrons. The summed E-state index contributed by atoms with van der Waals surface area (Å²) in [5, 5.41) is 7.88. The Balaban J connectivity index is 1.94. The minimum Gasteiger partial charge on any atom is -0.288 e. The first-order chi connectivity index (χ1) is 10.3. The van der Waals surface area contributed by atoms with Gasteiger partial charge in [-0.2, -0.15) is 0 Å². The van der Waals surface area contributed by atoms with Crippen molar-refractivity contribution in [1.29, 1.82) is 0 Å².